The molecule has 2 aromatic rings. The molecule has 0 spiro atoms. The van der Waals surface area contributed by atoms with Gasteiger partial charge in [0, 0.05) is 23.5 Å². The predicted octanol–water partition coefficient (Wildman–Crippen LogP) is 3.56. The first-order valence-corrected chi connectivity index (χ1v) is 7.40. The van der Waals surface area contributed by atoms with Crippen LogP contribution in [0.2, 0.25) is 0 Å². The molecule has 122 valence electrons. The first-order chi connectivity index (χ1) is 9.56. The lowest BCUT2D eigenvalue weighted by Crippen LogP contribution is -2.29. The van der Waals surface area contributed by atoms with Crippen molar-refractivity contribution >= 4 is 42.1 Å². The molecule has 2 rings (SSSR count). The summed E-state index contributed by atoms with van der Waals surface area (Å²) in [4.78, 5) is 17.4. The van der Waals surface area contributed by atoms with E-state index in [2.05, 4.69) is 10.3 Å². The summed E-state index contributed by atoms with van der Waals surface area (Å²) in [6, 6.07) is 9.30. The molecular weight excluding hydrogens is 341 g/mol. The number of thiazole rings is 1. The number of benzene rings is 1. The normalized spacial score (nSPS) is 12.5. The molecule has 0 saturated carbocycles. The smallest absolute Gasteiger partial charge is 0.222 e. The van der Waals surface area contributed by atoms with Crippen molar-refractivity contribution in [2.24, 2.45) is 5.73 Å². The number of nitrogens with one attached hydrogen (secondary N) is 1. The van der Waals surface area contributed by atoms with E-state index in [4.69, 9.17) is 5.73 Å². The van der Waals surface area contributed by atoms with Crippen LogP contribution in [-0.2, 0) is 4.79 Å². The minimum Gasteiger partial charge on any atom is -0.347 e. The third kappa shape index (κ3) is 5.93. The number of carbonyl (C=O) groups excluding carboxylic acids is 1. The lowest BCUT2D eigenvalue weighted by Gasteiger charge is -2.15. The van der Waals surface area contributed by atoms with E-state index in [0.717, 1.165) is 15.4 Å². The maximum absolute atomic E-state index is 12.0. The van der Waals surface area contributed by atoms with Gasteiger partial charge in [0.2, 0.25) is 5.91 Å². The van der Waals surface area contributed by atoms with E-state index in [1.165, 1.54) is 0 Å². The number of hydrogen-bond donors (Lipinski definition) is 2. The number of nitrogens with two attached hydrogens (primary N) is 1. The lowest BCUT2D eigenvalue weighted by atomic mass is 10.0. The molecule has 7 heteroatoms. The number of carbonyl (C=O) groups is 1. The monoisotopic (exact) mass is 361 g/mol. The van der Waals surface area contributed by atoms with Crippen LogP contribution < -0.4 is 11.1 Å². The van der Waals surface area contributed by atoms with Crippen LogP contribution in [0.1, 0.15) is 40.9 Å². The molecule has 0 radical (unpaired) electrons. The minimum absolute atomic E-state index is 0. The predicted molar refractivity (Wildman–Crippen MR) is 95.9 cm³/mol. The zero-order chi connectivity index (χ0) is 14.5. The van der Waals surface area contributed by atoms with Gasteiger partial charge in [-0.05, 0) is 19.4 Å². The summed E-state index contributed by atoms with van der Waals surface area (Å²) in [5.41, 5.74) is 7.01. The molecule has 22 heavy (non-hydrogen) atoms. The zero-order valence-corrected chi connectivity index (χ0v) is 14.9. The maximum Gasteiger partial charge on any atom is 0.222 e. The summed E-state index contributed by atoms with van der Waals surface area (Å²) in [5, 5.41) is 3.86. The Balaban J connectivity index is 0.00000220. The fourth-order valence-corrected chi connectivity index (χ4v) is 2.73. The Kier molecular flexibility index (Phi) is 9.28. The third-order valence-electron chi connectivity index (χ3n) is 3.02. The van der Waals surface area contributed by atoms with Crippen LogP contribution in [-0.4, -0.2) is 10.9 Å². The van der Waals surface area contributed by atoms with Crippen molar-refractivity contribution in [2.75, 3.05) is 0 Å². The second-order valence-electron chi connectivity index (χ2n) is 4.82. The topological polar surface area (TPSA) is 68.0 Å². The Morgan fingerprint density at radius 3 is 2.50 bits per heavy atom. The second kappa shape index (κ2) is 9.79. The number of aryl methyl sites for hydroxylation is 1. The molecule has 0 aliphatic carbocycles. The molecule has 0 aliphatic heterocycles. The summed E-state index contributed by atoms with van der Waals surface area (Å²) in [6.45, 7) is 3.94. The molecule has 2 unspecified atom stereocenters. The zero-order valence-electron chi connectivity index (χ0n) is 12.5. The largest absolute Gasteiger partial charge is 0.347 e. The van der Waals surface area contributed by atoms with Crippen molar-refractivity contribution in [1.29, 1.82) is 0 Å². The summed E-state index contributed by atoms with van der Waals surface area (Å²) in [7, 11) is 0. The fraction of sp³-hybridized carbons (Fsp3) is 0.333. The highest BCUT2D eigenvalue weighted by Gasteiger charge is 2.16. The van der Waals surface area contributed by atoms with Crippen LogP contribution in [0, 0.1) is 6.92 Å². The molecular formula is C15H21Cl2N3OS. The Hall–Kier alpha value is -1.14. The SMILES string of the molecule is Cc1cnc(C(C)NC(=O)CC(N)c2ccccc2)s1.Cl.Cl. The van der Waals surface area contributed by atoms with Gasteiger partial charge in [-0.25, -0.2) is 4.98 Å². The Labute approximate surface area is 147 Å². The molecule has 1 aromatic carbocycles. The number of hydrogen-bond acceptors (Lipinski definition) is 4. The van der Waals surface area contributed by atoms with E-state index < -0.39 is 0 Å². The molecule has 1 heterocycles. The van der Waals surface area contributed by atoms with Crippen molar-refractivity contribution in [1.82, 2.24) is 10.3 Å². The van der Waals surface area contributed by atoms with Crippen molar-refractivity contribution in [3.8, 4) is 0 Å². The van der Waals surface area contributed by atoms with Gasteiger partial charge in [0.25, 0.3) is 0 Å². The molecule has 4 nitrogen and oxygen atoms in total. The highest BCUT2D eigenvalue weighted by atomic mass is 35.5. The van der Waals surface area contributed by atoms with Gasteiger partial charge in [-0.3, -0.25) is 4.79 Å². The van der Waals surface area contributed by atoms with Crippen molar-refractivity contribution < 1.29 is 4.79 Å². The molecule has 0 aliphatic rings. The summed E-state index contributed by atoms with van der Waals surface area (Å²) in [6.07, 6.45) is 2.09. The number of halogens is 2. The van der Waals surface area contributed by atoms with Gasteiger partial charge in [-0.1, -0.05) is 30.3 Å². The Morgan fingerprint density at radius 1 is 1.32 bits per heavy atom. The van der Waals surface area contributed by atoms with Gasteiger partial charge < -0.3 is 11.1 Å². The second-order valence-corrected chi connectivity index (χ2v) is 6.09. The van der Waals surface area contributed by atoms with E-state index in [1.807, 2.05) is 50.4 Å². The van der Waals surface area contributed by atoms with Crippen LogP contribution in [0.15, 0.2) is 36.5 Å². The van der Waals surface area contributed by atoms with Gasteiger partial charge in [0.15, 0.2) is 0 Å². The van der Waals surface area contributed by atoms with Crippen molar-refractivity contribution in [2.45, 2.75) is 32.4 Å². The molecule has 0 saturated heterocycles. The van der Waals surface area contributed by atoms with Crippen molar-refractivity contribution in [3.05, 3.63) is 52.0 Å². The van der Waals surface area contributed by atoms with Crippen LogP contribution in [0.3, 0.4) is 0 Å². The van der Waals surface area contributed by atoms with Crippen LogP contribution in [0.4, 0.5) is 0 Å². The van der Waals surface area contributed by atoms with Crippen molar-refractivity contribution in [3.63, 3.8) is 0 Å². The van der Waals surface area contributed by atoms with Crippen LogP contribution in [0.25, 0.3) is 0 Å². The Morgan fingerprint density at radius 2 is 1.95 bits per heavy atom. The third-order valence-corrected chi connectivity index (χ3v) is 4.12. The van der Waals surface area contributed by atoms with E-state index in [9.17, 15) is 4.79 Å². The van der Waals surface area contributed by atoms with Gasteiger partial charge >= 0.3 is 0 Å². The summed E-state index contributed by atoms with van der Waals surface area (Å²) in [5.74, 6) is -0.0540. The first kappa shape index (κ1) is 20.9. The van der Waals surface area contributed by atoms with E-state index in [1.54, 1.807) is 11.3 Å². The summed E-state index contributed by atoms with van der Waals surface area (Å²) < 4.78 is 0. The molecule has 2 atom stereocenters. The van der Waals surface area contributed by atoms with E-state index in [0.29, 0.717) is 0 Å². The van der Waals surface area contributed by atoms with E-state index >= 15 is 0 Å². The number of rotatable bonds is 5. The van der Waals surface area contributed by atoms with Gasteiger partial charge in [0.1, 0.15) is 5.01 Å². The number of amides is 1. The molecule has 3 N–H and O–H groups in total. The van der Waals surface area contributed by atoms with Gasteiger partial charge in [-0.2, -0.15) is 0 Å². The maximum atomic E-state index is 12.0. The quantitative estimate of drug-likeness (QED) is 0.855. The number of aromatic nitrogens is 1. The highest BCUT2D eigenvalue weighted by molar-refractivity contribution is 7.11. The van der Waals surface area contributed by atoms with Gasteiger partial charge in [-0.15, -0.1) is 36.2 Å². The fourth-order valence-electron chi connectivity index (χ4n) is 1.95. The van der Waals surface area contributed by atoms with Crippen LogP contribution in [0.5, 0.6) is 0 Å². The number of nitrogens with zero attached hydrogens (tertiary/aromatic N) is 1. The average Bonchev–Trinajstić information content (AvgIpc) is 2.86. The molecule has 1 aromatic heterocycles. The van der Waals surface area contributed by atoms with Crippen LogP contribution >= 0.6 is 36.2 Å². The molecule has 0 bridgehead atoms. The van der Waals surface area contributed by atoms with E-state index in [-0.39, 0.29) is 49.2 Å². The summed E-state index contributed by atoms with van der Waals surface area (Å²) >= 11 is 1.60. The standard InChI is InChI=1S/C15H19N3OS.2ClH/c1-10-9-17-15(20-10)11(2)18-14(19)8-13(16)12-6-4-3-5-7-12;;/h3-7,9,11,13H,8,16H2,1-2H3,(H,18,19);2*1H. The van der Waals surface area contributed by atoms with Gasteiger partial charge in [0.05, 0.1) is 6.04 Å². The average molecular weight is 362 g/mol. The minimum atomic E-state index is -0.276. The Bertz CT molecular complexity index is 577. The lowest BCUT2D eigenvalue weighted by molar-refractivity contribution is -0.122. The molecule has 0 fully saturated rings. The molecule has 1 amide bonds. The first-order valence-electron chi connectivity index (χ1n) is 6.58. The highest BCUT2D eigenvalue weighted by Crippen LogP contribution is 2.20.